The van der Waals surface area contributed by atoms with E-state index in [0.717, 1.165) is 16.9 Å². The van der Waals surface area contributed by atoms with Crippen molar-refractivity contribution in [2.24, 2.45) is 0 Å². The van der Waals surface area contributed by atoms with Crippen LogP contribution < -0.4 is 18.9 Å². The summed E-state index contributed by atoms with van der Waals surface area (Å²) in [7, 11) is 0. The smallest absolute Gasteiger partial charge is 0.348 e. The summed E-state index contributed by atoms with van der Waals surface area (Å²) >= 11 is 0. The molecule has 0 spiro atoms. The van der Waals surface area contributed by atoms with Crippen molar-refractivity contribution in [2.75, 3.05) is 13.2 Å². The molecule has 0 atom stereocenters. The first-order valence-corrected chi connectivity index (χ1v) is 13.3. The number of ketones is 1. The molecule has 4 aromatic carbocycles. The molecule has 1 aromatic heterocycles. The third kappa shape index (κ3) is 5.17. The van der Waals surface area contributed by atoms with Gasteiger partial charge in [-0.25, -0.2) is 4.79 Å². The maximum Gasteiger partial charge on any atom is 0.348 e. The average molecular weight is 547 g/mol. The molecule has 7 nitrogen and oxygen atoms in total. The summed E-state index contributed by atoms with van der Waals surface area (Å²) in [5.74, 6) is 1.64. The van der Waals surface area contributed by atoms with E-state index in [2.05, 4.69) is 0 Å². The zero-order chi connectivity index (χ0) is 28.3. The van der Waals surface area contributed by atoms with E-state index in [0.29, 0.717) is 47.0 Å². The Bertz CT molecular complexity index is 1780. The molecule has 0 aliphatic carbocycles. The Kier molecular flexibility index (Phi) is 7.00. The van der Waals surface area contributed by atoms with Crippen LogP contribution in [0.15, 0.2) is 101 Å². The van der Waals surface area contributed by atoms with Crippen molar-refractivity contribution >= 4 is 28.8 Å². The fourth-order valence-electron chi connectivity index (χ4n) is 4.70. The minimum Gasteiger partial charge on any atom is -0.494 e. The van der Waals surface area contributed by atoms with E-state index in [-0.39, 0.29) is 22.9 Å². The van der Waals surface area contributed by atoms with Crippen LogP contribution >= 0.6 is 0 Å². The van der Waals surface area contributed by atoms with Gasteiger partial charge in [-0.05, 0) is 68.0 Å². The summed E-state index contributed by atoms with van der Waals surface area (Å²) in [6.45, 7) is 4.87. The zero-order valence-corrected chi connectivity index (χ0v) is 22.5. The summed E-state index contributed by atoms with van der Waals surface area (Å²) in [6.07, 6.45) is 1.67. The molecule has 0 bridgehead atoms. The standard InChI is InChI=1S/C34H26O7/c1-3-37-23-12-10-21(11-13-23)18-30-32(35)26-16-14-25(20-29(26)40-30)39-34(36)31-27-19-24(38-4-2)15-17-28(27)41-33(31)22-8-6-5-7-9-22/h5-20H,3-4H2,1-2H3/b30-18-. The van der Waals surface area contributed by atoms with Crippen molar-refractivity contribution in [3.63, 3.8) is 0 Å². The number of furan rings is 1. The van der Waals surface area contributed by atoms with E-state index in [9.17, 15) is 9.59 Å². The Hall–Kier alpha value is -5.30. The summed E-state index contributed by atoms with van der Waals surface area (Å²) in [5.41, 5.74) is 2.73. The van der Waals surface area contributed by atoms with Gasteiger partial charge in [0.2, 0.25) is 5.78 Å². The molecule has 0 radical (unpaired) electrons. The summed E-state index contributed by atoms with van der Waals surface area (Å²) in [5, 5.41) is 0.577. The number of fused-ring (bicyclic) bond motifs is 2. The number of Topliss-reactive ketones (excluding diaryl/α,β-unsaturated/α-hetero) is 1. The number of allylic oxidation sites excluding steroid dienone is 1. The van der Waals surface area contributed by atoms with Crippen molar-refractivity contribution in [2.45, 2.75) is 13.8 Å². The third-order valence-corrected chi connectivity index (χ3v) is 6.55. The molecule has 204 valence electrons. The number of hydrogen-bond acceptors (Lipinski definition) is 7. The molecular weight excluding hydrogens is 520 g/mol. The lowest BCUT2D eigenvalue weighted by molar-refractivity contribution is 0.0736. The Balaban J connectivity index is 1.29. The number of carbonyl (C=O) groups excluding carboxylic acids is 2. The van der Waals surface area contributed by atoms with Crippen molar-refractivity contribution < 1.29 is 33.0 Å². The van der Waals surface area contributed by atoms with E-state index < -0.39 is 5.97 Å². The van der Waals surface area contributed by atoms with Crippen LogP contribution in [0.5, 0.6) is 23.0 Å². The summed E-state index contributed by atoms with van der Waals surface area (Å²) < 4.78 is 28.9. The van der Waals surface area contributed by atoms with E-state index >= 15 is 0 Å². The molecule has 0 saturated heterocycles. The van der Waals surface area contributed by atoms with Gasteiger partial charge in [0, 0.05) is 17.0 Å². The monoisotopic (exact) mass is 546 g/mol. The molecule has 0 saturated carbocycles. The molecule has 5 aromatic rings. The lowest BCUT2D eigenvalue weighted by Gasteiger charge is -2.07. The highest BCUT2D eigenvalue weighted by molar-refractivity contribution is 6.15. The summed E-state index contributed by atoms with van der Waals surface area (Å²) in [4.78, 5) is 26.6. The van der Waals surface area contributed by atoms with E-state index in [1.54, 1.807) is 42.5 Å². The number of carbonyl (C=O) groups is 2. The number of rotatable bonds is 8. The Labute approximate surface area is 236 Å². The second kappa shape index (κ2) is 11.1. The predicted molar refractivity (Wildman–Crippen MR) is 155 cm³/mol. The largest absolute Gasteiger partial charge is 0.494 e. The van der Waals surface area contributed by atoms with E-state index in [1.807, 2.05) is 68.4 Å². The highest BCUT2D eigenvalue weighted by Gasteiger charge is 2.29. The van der Waals surface area contributed by atoms with Crippen LogP contribution in [0, 0.1) is 0 Å². The molecule has 1 aliphatic heterocycles. The van der Waals surface area contributed by atoms with Crippen molar-refractivity contribution in [3.05, 3.63) is 113 Å². The Morgan fingerprint density at radius 2 is 1.51 bits per heavy atom. The van der Waals surface area contributed by atoms with Gasteiger partial charge in [-0.2, -0.15) is 0 Å². The van der Waals surface area contributed by atoms with Gasteiger partial charge in [-0.15, -0.1) is 0 Å². The van der Waals surface area contributed by atoms with Crippen LogP contribution in [-0.4, -0.2) is 25.0 Å². The molecule has 1 aliphatic rings. The quantitative estimate of drug-likeness (QED) is 0.112. The maximum atomic E-state index is 13.6. The van der Waals surface area contributed by atoms with Gasteiger partial charge in [-0.3, -0.25) is 4.79 Å². The minimum atomic E-state index is -0.606. The van der Waals surface area contributed by atoms with Gasteiger partial charge >= 0.3 is 5.97 Å². The van der Waals surface area contributed by atoms with Gasteiger partial charge in [0.15, 0.2) is 5.76 Å². The Morgan fingerprint density at radius 3 is 2.27 bits per heavy atom. The maximum absolute atomic E-state index is 13.6. The average Bonchev–Trinajstić information content (AvgIpc) is 3.52. The number of hydrogen-bond donors (Lipinski definition) is 0. The highest BCUT2D eigenvalue weighted by Crippen LogP contribution is 2.38. The SMILES string of the molecule is CCOc1ccc(/C=C2\Oc3cc(OC(=O)c4c(-c5ccccc5)oc5ccc(OCC)cc45)ccc3C2=O)cc1. The van der Waals surface area contributed by atoms with Crippen molar-refractivity contribution in [1.29, 1.82) is 0 Å². The fourth-order valence-corrected chi connectivity index (χ4v) is 4.70. The van der Waals surface area contributed by atoms with E-state index in [1.165, 1.54) is 0 Å². The highest BCUT2D eigenvalue weighted by atomic mass is 16.5. The molecule has 0 unspecified atom stereocenters. The van der Waals surface area contributed by atoms with Crippen LogP contribution in [0.4, 0.5) is 0 Å². The first kappa shape index (κ1) is 26.0. The van der Waals surface area contributed by atoms with Crippen molar-refractivity contribution in [1.82, 2.24) is 0 Å². The molecule has 7 heteroatoms. The van der Waals surface area contributed by atoms with Gasteiger partial charge in [-0.1, -0.05) is 42.5 Å². The normalized spacial score (nSPS) is 13.2. The first-order valence-electron chi connectivity index (χ1n) is 13.3. The molecule has 41 heavy (non-hydrogen) atoms. The number of ether oxygens (including phenoxy) is 4. The molecule has 0 N–H and O–H groups in total. The van der Waals surface area contributed by atoms with Gasteiger partial charge < -0.3 is 23.4 Å². The van der Waals surface area contributed by atoms with Crippen molar-refractivity contribution in [3.8, 4) is 34.3 Å². The molecule has 6 rings (SSSR count). The van der Waals surface area contributed by atoms with E-state index in [4.69, 9.17) is 23.4 Å². The molecular formula is C34H26O7. The molecule has 2 heterocycles. The molecule has 0 amide bonds. The van der Waals surface area contributed by atoms with Gasteiger partial charge in [0.1, 0.15) is 39.9 Å². The minimum absolute atomic E-state index is 0.184. The molecule has 0 fully saturated rings. The van der Waals surface area contributed by atoms with Crippen LogP contribution in [-0.2, 0) is 0 Å². The third-order valence-electron chi connectivity index (χ3n) is 6.55. The Morgan fingerprint density at radius 1 is 0.805 bits per heavy atom. The van der Waals surface area contributed by atoms with Crippen LogP contribution in [0.3, 0.4) is 0 Å². The van der Waals surface area contributed by atoms with Crippen LogP contribution in [0.1, 0.15) is 40.1 Å². The van der Waals surface area contributed by atoms with Gasteiger partial charge in [0.25, 0.3) is 0 Å². The topological polar surface area (TPSA) is 84.2 Å². The second-order valence-corrected chi connectivity index (χ2v) is 9.25. The van der Waals surface area contributed by atoms with Gasteiger partial charge in [0.05, 0.1) is 18.8 Å². The van der Waals surface area contributed by atoms with Crippen LogP contribution in [0.25, 0.3) is 28.4 Å². The van der Waals surface area contributed by atoms with Crippen LogP contribution in [0.2, 0.25) is 0 Å². The number of benzene rings is 4. The summed E-state index contributed by atoms with van der Waals surface area (Å²) in [6, 6.07) is 26.8. The fraction of sp³-hybridized carbons (Fsp3) is 0.118. The zero-order valence-electron chi connectivity index (χ0n) is 22.5. The number of esters is 1. The second-order valence-electron chi connectivity index (χ2n) is 9.25. The predicted octanol–water partition coefficient (Wildman–Crippen LogP) is 7.73. The first-order chi connectivity index (χ1) is 20.0. The lowest BCUT2D eigenvalue weighted by Crippen LogP contribution is -2.09. The lowest BCUT2D eigenvalue weighted by atomic mass is 10.1.